The molecule has 13 nitrogen and oxygen atoms in total. The van der Waals surface area contributed by atoms with Crippen molar-refractivity contribution in [3.63, 3.8) is 0 Å². The first-order valence-electron chi connectivity index (χ1n) is 16.9. The van der Waals surface area contributed by atoms with E-state index >= 15 is 4.39 Å². The molecule has 5 rings (SSSR count). The van der Waals surface area contributed by atoms with Crippen LogP contribution in [0.1, 0.15) is 78.7 Å². The number of benzene rings is 1. The fourth-order valence-electron chi connectivity index (χ4n) is 8.81. The Hall–Kier alpha value is -3.37. The van der Waals surface area contributed by atoms with Crippen molar-refractivity contribution in [1.29, 1.82) is 0 Å². The Labute approximate surface area is 289 Å². The molecule has 274 valence electrons. The first kappa shape index (κ1) is 37.9. The van der Waals surface area contributed by atoms with Crippen LogP contribution in [0.25, 0.3) is 0 Å². The largest absolute Gasteiger partial charge is 0.458 e. The monoisotopic (exact) mass is 703 g/mol. The van der Waals surface area contributed by atoms with Crippen LogP contribution in [-0.2, 0) is 44.8 Å². The number of hydrogen-bond acceptors (Lipinski definition) is 13. The Kier molecular flexibility index (Phi) is 10.6. The summed E-state index contributed by atoms with van der Waals surface area (Å²) in [5.74, 6) is -4.63. The summed E-state index contributed by atoms with van der Waals surface area (Å²) < 4.78 is 40.7. The molecule has 0 aromatic heterocycles. The first-order chi connectivity index (χ1) is 23.4. The number of carbonyl (C=O) groups excluding carboxylic acids is 4. The van der Waals surface area contributed by atoms with Gasteiger partial charge in [-0.15, -0.1) is 0 Å². The lowest BCUT2D eigenvalue weighted by molar-refractivity contribution is -0.497. The molecule has 1 unspecified atom stereocenters. The number of ether oxygens (including phenoxy) is 4. The molecule has 2 saturated carbocycles. The van der Waals surface area contributed by atoms with Gasteiger partial charge in [-0.25, -0.2) is 9.23 Å². The number of Topliss-reactive ketones (excluding diaryl/α,β-unsaturated/α-hetero) is 1. The number of aliphatic hydroxyl groups is 1. The third-order valence-corrected chi connectivity index (χ3v) is 11.3. The van der Waals surface area contributed by atoms with Gasteiger partial charge in [-0.2, -0.15) is 0 Å². The molecule has 0 bridgehead atoms. The average molecular weight is 704 g/mol. The lowest BCUT2D eigenvalue weighted by atomic mass is 9.42. The second kappa shape index (κ2) is 14.0. The van der Waals surface area contributed by atoms with Gasteiger partial charge < -0.3 is 24.1 Å². The van der Waals surface area contributed by atoms with Gasteiger partial charge in [0.1, 0.15) is 5.75 Å². The Morgan fingerprint density at radius 1 is 1.10 bits per heavy atom. The molecule has 0 amide bonds. The molecule has 1 aliphatic heterocycles. The van der Waals surface area contributed by atoms with Gasteiger partial charge in [0.25, 0.3) is 0 Å². The van der Waals surface area contributed by atoms with E-state index in [4.69, 9.17) is 29.4 Å². The molecular formula is C36H46FNO12. The summed E-state index contributed by atoms with van der Waals surface area (Å²) >= 11 is 0. The van der Waals surface area contributed by atoms with E-state index in [9.17, 15) is 24.3 Å². The Morgan fingerprint density at radius 3 is 2.48 bits per heavy atom. The molecule has 3 fully saturated rings. The van der Waals surface area contributed by atoms with Crippen LogP contribution in [-0.4, -0.2) is 80.8 Å². The Morgan fingerprint density at radius 2 is 1.82 bits per heavy atom. The number of hydrogen-bond donors (Lipinski definition) is 3. The minimum Gasteiger partial charge on any atom is -0.458 e. The maximum Gasteiger partial charge on any atom is 0.311 e. The normalized spacial score (nSPS) is 34.5. The van der Waals surface area contributed by atoms with Crippen LogP contribution in [0.5, 0.6) is 5.75 Å². The summed E-state index contributed by atoms with van der Waals surface area (Å²) in [5.41, 5.74) is -5.07. The summed E-state index contributed by atoms with van der Waals surface area (Å²) in [6.07, 6.45) is 3.23. The summed E-state index contributed by atoms with van der Waals surface area (Å²) in [7, 11) is 0. The predicted molar refractivity (Wildman–Crippen MR) is 171 cm³/mol. The number of alkyl halides is 1. The summed E-state index contributed by atoms with van der Waals surface area (Å²) in [6, 6.07) is 6.10. The van der Waals surface area contributed by atoms with Crippen molar-refractivity contribution in [2.45, 2.75) is 103 Å². The van der Waals surface area contributed by atoms with E-state index in [0.29, 0.717) is 30.4 Å². The maximum atomic E-state index is 17.7. The van der Waals surface area contributed by atoms with Crippen LogP contribution in [0, 0.1) is 22.7 Å². The second-order valence-electron chi connectivity index (χ2n) is 14.5. The van der Waals surface area contributed by atoms with Gasteiger partial charge in [-0.3, -0.25) is 29.6 Å². The summed E-state index contributed by atoms with van der Waals surface area (Å²) in [6.45, 7) is 7.63. The van der Waals surface area contributed by atoms with Crippen LogP contribution in [0.2, 0.25) is 0 Å². The average Bonchev–Trinajstić information content (AvgIpc) is 3.40. The number of rotatable bonds is 12. The number of halogens is 1. The third kappa shape index (κ3) is 6.70. The molecule has 1 aromatic rings. The fourth-order valence-corrected chi connectivity index (χ4v) is 8.81. The number of nitrogens with zero attached hydrogens (tertiary/aromatic N) is 1. The van der Waals surface area contributed by atoms with E-state index in [-0.39, 0.29) is 44.0 Å². The van der Waals surface area contributed by atoms with Crippen molar-refractivity contribution in [2.24, 2.45) is 22.7 Å². The van der Waals surface area contributed by atoms with Crippen molar-refractivity contribution < 1.29 is 62.9 Å². The van der Waals surface area contributed by atoms with Crippen LogP contribution < -0.4 is 4.74 Å². The van der Waals surface area contributed by atoms with Crippen molar-refractivity contribution in [2.75, 3.05) is 13.2 Å². The molecule has 3 aliphatic carbocycles. The van der Waals surface area contributed by atoms with Crippen LogP contribution in [0.15, 0.2) is 48.1 Å². The first-order valence-corrected chi connectivity index (χ1v) is 16.9. The van der Waals surface area contributed by atoms with E-state index in [1.807, 2.05) is 13.8 Å². The van der Waals surface area contributed by atoms with Gasteiger partial charge in [0.15, 0.2) is 29.4 Å². The fraction of sp³-hybridized carbons (Fsp3) is 0.611. The zero-order valence-corrected chi connectivity index (χ0v) is 29.0. The highest BCUT2D eigenvalue weighted by atomic mass is 19.1. The van der Waals surface area contributed by atoms with Gasteiger partial charge in [-0.1, -0.05) is 44.1 Å². The molecule has 0 spiro atoms. The number of fused-ring (bicyclic) bond motifs is 3. The zero-order valence-electron chi connectivity index (χ0n) is 29.0. The van der Waals surface area contributed by atoms with Crippen LogP contribution >= 0.6 is 0 Å². The molecule has 7 atom stereocenters. The number of allylic oxidation sites excluding steroid dienone is 4. The van der Waals surface area contributed by atoms with E-state index in [2.05, 4.69) is 4.84 Å². The summed E-state index contributed by atoms with van der Waals surface area (Å²) in [4.78, 5) is 56.2. The quantitative estimate of drug-likeness (QED) is 0.158. The van der Waals surface area contributed by atoms with Crippen molar-refractivity contribution in [3.05, 3.63) is 53.6 Å². The van der Waals surface area contributed by atoms with Crippen molar-refractivity contribution >= 4 is 23.5 Å². The van der Waals surface area contributed by atoms with Crippen LogP contribution in [0.3, 0.4) is 0 Å². The Bertz CT molecular complexity index is 1580. The molecule has 50 heavy (non-hydrogen) atoms. The maximum absolute atomic E-state index is 17.7. The smallest absolute Gasteiger partial charge is 0.311 e. The van der Waals surface area contributed by atoms with E-state index in [1.54, 1.807) is 39.0 Å². The van der Waals surface area contributed by atoms with E-state index in [0.717, 1.165) is 0 Å². The number of ketones is 2. The molecule has 0 radical (unpaired) electrons. The van der Waals surface area contributed by atoms with Gasteiger partial charge in [-0.05, 0) is 75.8 Å². The molecule has 4 aliphatic rings. The zero-order chi connectivity index (χ0) is 36.7. The van der Waals surface area contributed by atoms with Gasteiger partial charge in [0, 0.05) is 16.7 Å². The highest BCUT2D eigenvalue weighted by Gasteiger charge is 2.74. The molecule has 1 aromatic carbocycles. The minimum absolute atomic E-state index is 0.142. The van der Waals surface area contributed by atoms with E-state index in [1.165, 1.54) is 24.3 Å². The summed E-state index contributed by atoms with van der Waals surface area (Å²) in [5, 5.41) is 28.8. The van der Waals surface area contributed by atoms with E-state index < -0.39 is 75.5 Å². The lowest BCUT2D eigenvalue weighted by Gasteiger charge is -2.64. The molecule has 1 heterocycles. The SMILES string of the molecule is CC[C@H]1C2CCC3=CC(=O)C=C[C@]3(C)[C@@]2(F)[C@@H](O)C[C@]1(C)[C@@]1(C(=O)COC(=O)CCC(=O)Oc2cccc(CON(O)O)c2)COC(C)(C)O1. The third-order valence-electron chi connectivity index (χ3n) is 11.3. The minimum atomic E-state index is -2.12. The molecule has 14 heteroatoms. The molecule has 1 saturated heterocycles. The van der Waals surface area contributed by atoms with Gasteiger partial charge in [0.05, 0.1) is 37.5 Å². The number of aliphatic hydroxyl groups excluding tert-OH is 1. The predicted octanol–water partition coefficient (Wildman–Crippen LogP) is 4.51. The molecule has 3 N–H and O–H groups in total. The standard InChI is InChI=1S/C36H46FNO12/c1-6-26-27-11-10-23-17-24(39)14-15-33(23,4)36(27,37)28(40)18-34(26,5)35(21-47-32(2,3)50-35)29(41)20-46-30(42)12-13-31(43)49-25-9-7-8-22(16-25)19-48-38(44)45/h7-9,14-17,26-28,40,44-45H,6,10-13,18-21H2,1-5H3/t26-,27?,28-,33-,34-,35-,36-/m0/s1. The van der Waals surface area contributed by atoms with Crippen molar-refractivity contribution in [3.8, 4) is 5.75 Å². The van der Waals surface area contributed by atoms with Crippen molar-refractivity contribution in [1.82, 2.24) is 5.39 Å². The Balaban J connectivity index is 1.29. The second-order valence-corrected chi connectivity index (χ2v) is 14.5. The topological polar surface area (TPSA) is 178 Å². The highest BCUT2D eigenvalue weighted by Crippen LogP contribution is 2.68. The van der Waals surface area contributed by atoms with Gasteiger partial charge in [0.2, 0.25) is 5.78 Å². The number of esters is 2. The number of carbonyl (C=O) groups is 4. The highest BCUT2D eigenvalue weighted by molar-refractivity contribution is 6.01. The molecular weight excluding hydrogens is 657 g/mol. The lowest BCUT2D eigenvalue weighted by Crippen LogP contribution is -2.72. The van der Waals surface area contributed by atoms with Crippen LogP contribution in [0.4, 0.5) is 4.39 Å². The van der Waals surface area contributed by atoms with Gasteiger partial charge >= 0.3 is 11.9 Å².